The van der Waals surface area contributed by atoms with E-state index in [1.807, 2.05) is 47.3 Å². The number of carbonyl (C=O) groups is 2. The van der Waals surface area contributed by atoms with Gasteiger partial charge >= 0.3 is 5.97 Å². The van der Waals surface area contributed by atoms with Crippen LogP contribution in [0, 0.1) is 0 Å². The predicted octanol–water partition coefficient (Wildman–Crippen LogP) is 3.40. The standard InChI is InChI=1S/C22H21N3O4/c1-15(26)23-16-7-9-17(10-8-16)29-18-13-25(14-18)20-6-4-5-19(22(27)28)21(20)24-11-2-3-12-24/h2-12,18H,13-14H2,1H3,(H,23,26)(H,27,28). The maximum Gasteiger partial charge on any atom is 0.337 e. The lowest BCUT2D eigenvalue weighted by atomic mass is 10.1. The number of carboxylic acid groups (broad SMARTS) is 1. The highest BCUT2D eigenvalue weighted by molar-refractivity contribution is 5.95. The average Bonchev–Trinajstić information content (AvgIpc) is 3.19. The zero-order chi connectivity index (χ0) is 20.4. The van der Waals surface area contributed by atoms with Crippen molar-refractivity contribution in [1.29, 1.82) is 0 Å². The first-order valence-electron chi connectivity index (χ1n) is 9.30. The van der Waals surface area contributed by atoms with Gasteiger partial charge in [-0.25, -0.2) is 4.79 Å². The molecule has 0 radical (unpaired) electrons. The number of aromatic carboxylic acids is 1. The first-order chi connectivity index (χ1) is 14.0. The molecular formula is C22H21N3O4. The van der Waals surface area contributed by atoms with Gasteiger partial charge in [0.2, 0.25) is 5.91 Å². The number of ether oxygens (including phenoxy) is 1. The second kappa shape index (κ2) is 7.71. The van der Waals surface area contributed by atoms with E-state index in [0.717, 1.165) is 17.1 Å². The van der Waals surface area contributed by atoms with Gasteiger partial charge in [-0.15, -0.1) is 0 Å². The Morgan fingerprint density at radius 1 is 1.03 bits per heavy atom. The van der Waals surface area contributed by atoms with Crippen LogP contribution >= 0.6 is 0 Å². The molecule has 1 aliphatic rings. The van der Waals surface area contributed by atoms with Crippen LogP contribution in [0.25, 0.3) is 5.69 Å². The minimum Gasteiger partial charge on any atom is -0.487 e. The number of hydrogen-bond donors (Lipinski definition) is 2. The van der Waals surface area contributed by atoms with Gasteiger partial charge in [0.05, 0.1) is 30.0 Å². The molecule has 7 heteroatoms. The molecule has 2 aromatic carbocycles. The van der Waals surface area contributed by atoms with E-state index in [-0.39, 0.29) is 17.6 Å². The van der Waals surface area contributed by atoms with E-state index in [1.54, 1.807) is 24.3 Å². The predicted molar refractivity (Wildman–Crippen MR) is 110 cm³/mol. The van der Waals surface area contributed by atoms with Gasteiger partial charge in [0.1, 0.15) is 11.9 Å². The van der Waals surface area contributed by atoms with Crippen LogP contribution < -0.4 is 15.0 Å². The minimum absolute atomic E-state index is 0.00705. The Morgan fingerprint density at radius 2 is 1.72 bits per heavy atom. The number of para-hydroxylation sites is 1. The number of carbonyl (C=O) groups excluding carboxylic acids is 1. The molecule has 1 fully saturated rings. The number of carboxylic acids is 1. The van der Waals surface area contributed by atoms with Crippen LogP contribution in [0.3, 0.4) is 0 Å². The Morgan fingerprint density at radius 3 is 2.34 bits per heavy atom. The molecule has 148 valence electrons. The second-order valence-corrected chi connectivity index (χ2v) is 6.92. The highest BCUT2D eigenvalue weighted by atomic mass is 16.5. The van der Waals surface area contributed by atoms with Gasteiger partial charge in [-0.05, 0) is 48.5 Å². The SMILES string of the molecule is CC(=O)Nc1ccc(OC2CN(c3cccc(C(=O)O)c3-n3cccc3)C2)cc1. The summed E-state index contributed by atoms with van der Waals surface area (Å²) in [6.45, 7) is 2.78. The van der Waals surface area contributed by atoms with Crippen molar-refractivity contribution < 1.29 is 19.4 Å². The normalized spacial score (nSPS) is 13.6. The number of rotatable bonds is 6. The Kier molecular flexibility index (Phi) is 4.95. The van der Waals surface area contributed by atoms with Crippen LogP contribution in [0.5, 0.6) is 5.75 Å². The number of benzene rings is 2. The average molecular weight is 391 g/mol. The smallest absolute Gasteiger partial charge is 0.337 e. The van der Waals surface area contributed by atoms with Gasteiger partial charge in [-0.1, -0.05) is 6.07 Å². The summed E-state index contributed by atoms with van der Waals surface area (Å²) in [5.41, 5.74) is 2.50. The molecule has 1 amide bonds. The quantitative estimate of drug-likeness (QED) is 0.673. The number of aromatic nitrogens is 1. The maximum absolute atomic E-state index is 11.7. The number of amides is 1. The third kappa shape index (κ3) is 3.94. The lowest BCUT2D eigenvalue weighted by Gasteiger charge is -2.41. The Balaban J connectivity index is 1.47. The number of anilines is 2. The van der Waals surface area contributed by atoms with E-state index >= 15 is 0 Å². The summed E-state index contributed by atoms with van der Waals surface area (Å²) in [6, 6.07) is 16.3. The molecule has 0 unspecified atom stereocenters. The molecule has 3 aromatic rings. The van der Waals surface area contributed by atoms with Crippen molar-refractivity contribution >= 4 is 23.3 Å². The van der Waals surface area contributed by atoms with Crippen molar-refractivity contribution in [3.05, 3.63) is 72.6 Å². The van der Waals surface area contributed by atoms with Crippen molar-refractivity contribution in [3.63, 3.8) is 0 Å². The maximum atomic E-state index is 11.7. The minimum atomic E-state index is -0.955. The summed E-state index contributed by atoms with van der Waals surface area (Å²) < 4.78 is 7.82. The summed E-state index contributed by atoms with van der Waals surface area (Å²) in [7, 11) is 0. The van der Waals surface area contributed by atoms with Crippen molar-refractivity contribution in [2.24, 2.45) is 0 Å². The van der Waals surface area contributed by atoms with Crippen LogP contribution in [-0.4, -0.2) is 40.7 Å². The molecule has 2 N–H and O–H groups in total. The Bertz CT molecular complexity index is 1020. The summed E-state index contributed by atoms with van der Waals surface area (Å²) in [6.07, 6.45) is 3.69. The molecule has 0 spiro atoms. The lowest BCUT2D eigenvalue weighted by Crippen LogP contribution is -2.54. The zero-order valence-electron chi connectivity index (χ0n) is 15.9. The molecule has 1 aliphatic heterocycles. The third-order valence-electron chi connectivity index (χ3n) is 4.77. The Hall–Kier alpha value is -3.74. The first-order valence-corrected chi connectivity index (χ1v) is 9.30. The van der Waals surface area contributed by atoms with E-state index in [1.165, 1.54) is 6.92 Å². The van der Waals surface area contributed by atoms with E-state index in [9.17, 15) is 14.7 Å². The topological polar surface area (TPSA) is 83.8 Å². The highest BCUT2D eigenvalue weighted by Crippen LogP contribution is 2.32. The fraction of sp³-hybridized carbons (Fsp3) is 0.182. The summed E-state index contributed by atoms with van der Waals surface area (Å²) in [4.78, 5) is 24.9. The van der Waals surface area contributed by atoms with E-state index < -0.39 is 5.97 Å². The molecule has 1 aromatic heterocycles. The van der Waals surface area contributed by atoms with Crippen LogP contribution in [0.15, 0.2) is 67.0 Å². The molecule has 2 heterocycles. The largest absolute Gasteiger partial charge is 0.487 e. The highest BCUT2D eigenvalue weighted by Gasteiger charge is 2.31. The van der Waals surface area contributed by atoms with Crippen molar-refractivity contribution in [1.82, 2.24) is 4.57 Å². The molecule has 4 rings (SSSR count). The van der Waals surface area contributed by atoms with Gasteiger partial charge in [0, 0.05) is 25.0 Å². The molecule has 1 saturated heterocycles. The number of nitrogens with one attached hydrogen (secondary N) is 1. The van der Waals surface area contributed by atoms with Gasteiger partial charge in [-0.2, -0.15) is 0 Å². The molecule has 0 atom stereocenters. The lowest BCUT2D eigenvalue weighted by molar-refractivity contribution is -0.114. The molecular weight excluding hydrogens is 370 g/mol. The van der Waals surface area contributed by atoms with Crippen LogP contribution in [0.4, 0.5) is 11.4 Å². The van der Waals surface area contributed by atoms with Crippen molar-refractivity contribution in [3.8, 4) is 11.4 Å². The molecule has 29 heavy (non-hydrogen) atoms. The summed E-state index contributed by atoms with van der Waals surface area (Å²) in [5.74, 6) is -0.341. The van der Waals surface area contributed by atoms with Gasteiger partial charge in [-0.3, -0.25) is 4.79 Å². The van der Waals surface area contributed by atoms with Crippen LogP contribution in [0.2, 0.25) is 0 Å². The van der Waals surface area contributed by atoms with Crippen LogP contribution in [0.1, 0.15) is 17.3 Å². The molecule has 0 aliphatic carbocycles. The van der Waals surface area contributed by atoms with Crippen molar-refractivity contribution in [2.45, 2.75) is 13.0 Å². The van der Waals surface area contributed by atoms with E-state index in [2.05, 4.69) is 10.2 Å². The van der Waals surface area contributed by atoms with Gasteiger partial charge < -0.3 is 24.6 Å². The fourth-order valence-electron chi connectivity index (χ4n) is 3.44. The summed E-state index contributed by atoms with van der Waals surface area (Å²) in [5, 5.41) is 12.3. The van der Waals surface area contributed by atoms with Crippen molar-refractivity contribution in [2.75, 3.05) is 23.3 Å². The van der Waals surface area contributed by atoms with Gasteiger partial charge in [0.15, 0.2) is 0 Å². The first kappa shape index (κ1) is 18.6. The molecule has 0 bridgehead atoms. The zero-order valence-corrected chi connectivity index (χ0v) is 15.9. The molecule has 0 saturated carbocycles. The van der Waals surface area contributed by atoms with E-state index in [4.69, 9.17) is 4.74 Å². The molecule has 7 nitrogen and oxygen atoms in total. The second-order valence-electron chi connectivity index (χ2n) is 6.92. The summed E-state index contributed by atoms with van der Waals surface area (Å²) >= 11 is 0. The number of hydrogen-bond acceptors (Lipinski definition) is 4. The fourth-order valence-corrected chi connectivity index (χ4v) is 3.44. The number of nitrogens with zero attached hydrogens (tertiary/aromatic N) is 2. The van der Waals surface area contributed by atoms with Gasteiger partial charge in [0.25, 0.3) is 0 Å². The monoisotopic (exact) mass is 391 g/mol. The Labute approximate surface area is 168 Å². The third-order valence-corrected chi connectivity index (χ3v) is 4.77. The van der Waals surface area contributed by atoms with Crippen LogP contribution in [-0.2, 0) is 4.79 Å². The van der Waals surface area contributed by atoms with E-state index in [0.29, 0.717) is 18.8 Å².